The van der Waals surface area contributed by atoms with Crippen molar-refractivity contribution in [2.24, 2.45) is 0 Å². The van der Waals surface area contributed by atoms with Crippen LogP contribution in [0, 0.1) is 5.82 Å². The molecule has 25 heavy (non-hydrogen) atoms. The van der Waals surface area contributed by atoms with Crippen molar-refractivity contribution in [3.8, 4) is 5.75 Å². The number of hydrogen-bond acceptors (Lipinski definition) is 5. The highest BCUT2D eigenvalue weighted by Crippen LogP contribution is 2.32. The van der Waals surface area contributed by atoms with E-state index in [-0.39, 0.29) is 23.9 Å². The summed E-state index contributed by atoms with van der Waals surface area (Å²) >= 11 is 0. The Balaban J connectivity index is 1.81. The molecule has 1 aliphatic rings. The van der Waals surface area contributed by atoms with Gasteiger partial charge in [-0.05, 0) is 26.0 Å². The molecule has 1 aromatic carbocycles. The summed E-state index contributed by atoms with van der Waals surface area (Å²) in [6, 6.07) is 4.55. The molecule has 0 saturated carbocycles. The molecule has 0 aliphatic carbocycles. The Morgan fingerprint density at radius 3 is 2.84 bits per heavy atom. The lowest BCUT2D eigenvalue weighted by Gasteiger charge is -2.21. The number of methoxy groups -OCH3 is 1. The number of benzene rings is 1. The van der Waals surface area contributed by atoms with Gasteiger partial charge in [-0.3, -0.25) is 4.79 Å². The van der Waals surface area contributed by atoms with Crippen molar-refractivity contribution in [2.75, 3.05) is 20.2 Å². The van der Waals surface area contributed by atoms with E-state index in [0.29, 0.717) is 18.7 Å². The van der Waals surface area contributed by atoms with Gasteiger partial charge in [-0.25, -0.2) is 9.07 Å². The average molecular weight is 348 g/mol. The van der Waals surface area contributed by atoms with Crippen LogP contribution in [0.4, 0.5) is 4.39 Å². The fourth-order valence-electron chi connectivity index (χ4n) is 2.92. The summed E-state index contributed by atoms with van der Waals surface area (Å²) in [5.41, 5.74) is -0.935. The van der Waals surface area contributed by atoms with Gasteiger partial charge in [-0.1, -0.05) is 11.3 Å². The van der Waals surface area contributed by atoms with Crippen LogP contribution in [0.15, 0.2) is 24.4 Å². The highest BCUT2D eigenvalue weighted by Gasteiger charge is 2.42. The largest absolute Gasteiger partial charge is 0.494 e. The topological polar surface area (TPSA) is 80.5 Å². The fourth-order valence-corrected chi connectivity index (χ4v) is 2.92. The molecule has 134 valence electrons. The SMILES string of the molecule is COc1cccc(C(=O)N2CC[C@@](O)(c3cn(C(C)C)nn3)C2)c1F. The Kier molecular flexibility index (Phi) is 4.47. The molecular weight excluding hydrogens is 327 g/mol. The summed E-state index contributed by atoms with van der Waals surface area (Å²) in [6.07, 6.45) is 2.01. The zero-order valence-corrected chi connectivity index (χ0v) is 14.4. The number of aliphatic hydroxyl groups is 1. The van der Waals surface area contributed by atoms with Crippen LogP contribution in [0.1, 0.15) is 42.4 Å². The third-order valence-corrected chi connectivity index (χ3v) is 4.46. The second kappa shape index (κ2) is 6.44. The van der Waals surface area contributed by atoms with E-state index < -0.39 is 17.3 Å². The van der Waals surface area contributed by atoms with Gasteiger partial charge in [0.25, 0.3) is 5.91 Å². The van der Waals surface area contributed by atoms with Crippen LogP contribution in [-0.4, -0.2) is 51.1 Å². The Hall–Kier alpha value is -2.48. The molecule has 2 aromatic rings. The Morgan fingerprint density at radius 1 is 1.44 bits per heavy atom. The predicted octanol–water partition coefficient (Wildman–Crippen LogP) is 1.74. The van der Waals surface area contributed by atoms with Crippen LogP contribution in [0.25, 0.3) is 0 Å². The molecule has 8 heteroatoms. The van der Waals surface area contributed by atoms with E-state index in [4.69, 9.17) is 4.74 Å². The summed E-state index contributed by atoms with van der Waals surface area (Å²) in [7, 11) is 1.35. The molecule has 1 amide bonds. The minimum atomic E-state index is -1.28. The van der Waals surface area contributed by atoms with Gasteiger partial charge in [0.2, 0.25) is 0 Å². The molecule has 1 N–H and O–H groups in total. The number of likely N-dealkylation sites (tertiary alicyclic amines) is 1. The third-order valence-electron chi connectivity index (χ3n) is 4.46. The summed E-state index contributed by atoms with van der Waals surface area (Å²) in [5.74, 6) is -1.17. The predicted molar refractivity (Wildman–Crippen MR) is 87.8 cm³/mol. The molecule has 1 aliphatic heterocycles. The lowest BCUT2D eigenvalue weighted by atomic mass is 10.00. The van der Waals surface area contributed by atoms with E-state index in [1.54, 1.807) is 16.9 Å². The van der Waals surface area contributed by atoms with Crippen LogP contribution in [0.2, 0.25) is 0 Å². The lowest BCUT2D eigenvalue weighted by molar-refractivity contribution is 0.0380. The molecule has 0 unspecified atom stereocenters. The highest BCUT2D eigenvalue weighted by molar-refractivity contribution is 5.95. The van der Waals surface area contributed by atoms with Crippen LogP contribution < -0.4 is 4.74 Å². The van der Waals surface area contributed by atoms with Gasteiger partial charge in [0.1, 0.15) is 11.3 Å². The number of amides is 1. The van der Waals surface area contributed by atoms with Crippen molar-refractivity contribution >= 4 is 5.91 Å². The number of aromatic nitrogens is 3. The first-order chi connectivity index (χ1) is 11.9. The van der Waals surface area contributed by atoms with Gasteiger partial charge in [0.05, 0.1) is 25.4 Å². The number of ether oxygens (including phenoxy) is 1. The molecular formula is C17H21FN4O3. The molecule has 1 saturated heterocycles. The lowest BCUT2D eigenvalue weighted by Crippen LogP contribution is -2.35. The number of β-amino-alcohol motifs (C(OH)–C–C–N with tert-alkyl or cyclic N) is 1. The van der Waals surface area contributed by atoms with Gasteiger partial charge in [-0.2, -0.15) is 0 Å². The van der Waals surface area contributed by atoms with Gasteiger partial charge in [0, 0.05) is 19.0 Å². The summed E-state index contributed by atoms with van der Waals surface area (Å²) in [5, 5.41) is 18.9. The second-order valence-electron chi connectivity index (χ2n) is 6.51. The molecule has 0 spiro atoms. The summed E-state index contributed by atoms with van der Waals surface area (Å²) in [6.45, 7) is 4.26. The molecule has 2 heterocycles. The standard InChI is InChI=1S/C17H21FN4O3/c1-11(2)22-9-14(19-20-22)17(24)7-8-21(10-17)16(23)12-5-4-6-13(25-3)15(12)18/h4-6,9,11,24H,7-8,10H2,1-3H3/t17-/m0/s1. The van der Waals surface area contributed by atoms with Crippen molar-refractivity contribution in [1.82, 2.24) is 19.9 Å². The van der Waals surface area contributed by atoms with Gasteiger partial charge in [0.15, 0.2) is 11.6 Å². The summed E-state index contributed by atoms with van der Waals surface area (Å²) in [4.78, 5) is 14.1. The van der Waals surface area contributed by atoms with Crippen LogP contribution in [0.5, 0.6) is 5.75 Å². The van der Waals surface area contributed by atoms with E-state index >= 15 is 0 Å². The van der Waals surface area contributed by atoms with Crippen molar-refractivity contribution in [2.45, 2.75) is 31.9 Å². The van der Waals surface area contributed by atoms with Crippen molar-refractivity contribution in [3.63, 3.8) is 0 Å². The first-order valence-electron chi connectivity index (χ1n) is 8.12. The first-order valence-corrected chi connectivity index (χ1v) is 8.12. The van der Waals surface area contributed by atoms with E-state index in [1.807, 2.05) is 13.8 Å². The number of carbonyl (C=O) groups excluding carboxylic acids is 1. The van der Waals surface area contributed by atoms with Crippen LogP contribution >= 0.6 is 0 Å². The van der Waals surface area contributed by atoms with Gasteiger partial charge >= 0.3 is 0 Å². The van der Waals surface area contributed by atoms with E-state index in [0.717, 1.165) is 0 Å². The maximum absolute atomic E-state index is 14.3. The van der Waals surface area contributed by atoms with Crippen molar-refractivity contribution in [1.29, 1.82) is 0 Å². The monoisotopic (exact) mass is 348 g/mol. The van der Waals surface area contributed by atoms with E-state index in [2.05, 4.69) is 10.3 Å². The number of carbonyl (C=O) groups is 1. The summed E-state index contributed by atoms with van der Waals surface area (Å²) < 4.78 is 20.9. The van der Waals surface area contributed by atoms with Crippen LogP contribution in [-0.2, 0) is 5.60 Å². The highest BCUT2D eigenvalue weighted by atomic mass is 19.1. The second-order valence-corrected chi connectivity index (χ2v) is 6.51. The zero-order valence-electron chi connectivity index (χ0n) is 14.4. The molecule has 0 radical (unpaired) electrons. The first kappa shape index (κ1) is 17.3. The minimum Gasteiger partial charge on any atom is -0.494 e. The fraction of sp³-hybridized carbons (Fsp3) is 0.471. The number of halogens is 1. The van der Waals surface area contributed by atoms with E-state index in [9.17, 15) is 14.3 Å². The molecule has 1 fully saturated rings. The number of rotatable bonds is 4. The maximum Gasteiger partial charge on any atom is 0.257 e. The molecule has 7 nitrogen and oxygen atoms in total. The van der Waals surface area contributed by atoms with Crippen molar-refractivity contribution in [3.05, 3.63) is 41.5 Å². The zero-order chi connectivity index (χ0) is 18.2. The number of hydrogen-bond donors (Lipinski definition) is 1. The average Bonchev–Trinajstić information content (AvgIpc) is 3.22. The van der Waals surface area contributed by atoms with E-state index in [1.165, 1.54) is 24.1 Å². The Bertz CT molecular complexity index is 792. The normalized spacial score (nSPS) is 20.3. The molecule has 0 bridgehead atoms. The third kappa shape index (κ3) is 3.09. The van der Waals surface area contributed by atoms with Crippen LogP contribution in [0.3, 0.4) is 0 Å². The minimum absolute atomic E-state index is 0.0141. The smallest absolute Gasteiger partial charge is 0.257 e. The Morgan fingerprint density at radius 2 is 2.20 bits per heavy atom. The maximum atomic E-state index is 14.3. The Labute approximate surface area is 145 Å². The molecule has 1 aromatic heterocycles. The van der Waals surface area contributed by atoms with Crippen molar-refractivity contribution < 1.29 is 19.0 Å². The molecule has 1 atom stereocenters. The molecule has 3 rings (SSSR count). The number of nitrogens with zero attached hydrogens (tertiary/aromatic N) is 4. The quantitative estimate of drug-likeness (QED) is 0.910. The van der Waals surface area contributed by atoms with Gasteiger partial charge < -0.3 is 14.7 Å². The van der Waals surface area contributed by atoms with Gasteiger partial charge in [-0.15, -0.1) is 5.10 Å².